The van der Waals surface area contributed by atoms with Crippen LogP contribution in [0.4, 0.5) is 24.5 Å². The van der Waals surface area contributed by atoms with Crippen LogP contribution < -0.4 is 15.4 Å². The molecule has 232 valence electrons. The molecule has 0 aliphatic carbocycles. The highest BCUT2D eigenvalue weighted by molar-refractivity contribution is 6.12. The predicted molar refractivity (Wildman–Crippen MR) is 167 cm³/mol. The molecule has 8 nitrogen and oxygen atoms in total. The fraction of sp³-hybridized carbons (Fsp3) is 0.294. The molecule has 0 spiro atoms. The van der Waals surface area contributed by atoms with E-state index < -0.39 is 46.6 Å². The van der Waals surface area contributed by atoms with Gasteiger partial charge < -0.3 is 14.7 Å². The van der Waals surface area contributed by atoms with Crippen molar-refractivity contribution in [3.8, 4) is 16.8 Å². The van der Waals surface area contributed by atoms with Crippen molar-refractivity contribution in [2.75, 3.05) is 29.9 Å². The van der Waals surface area contributed by atoms with E-state index in [0.717, 1.165) is 16.7 Å². The van der Waals surface area contributed by atoms with Gasteiger partial charge in [0.1, 0.15) is 23.4 Å². The Kier molecular flexibility index (Phi) is 7.29. The number of hydrogen-bond donors (Lipinski definition) is 0. The monoisotopic (exact) mass is 615 g/mol. The summed E-state index contributed by atoms with van der Waals surface area (Å²) in [6, 6.07) is 6.71. The van der Waals surface area contributed by atoms with Crippen LogP contribution in [-0.4, -0.2) is 58.5 Å². The molecular formula is C34H32F3N5O3. The van der Waals surface area contributed by atoms with Crippen LogP contribution in [-0.2, 0) is 9.59 Å². The Bertz CT molecular complexity index is 1990. The van der Waals surface area contributed by atoms with Crippen LogP contribution in [0.5, 0.6) is 0 Å². The summed E-state index contributed by atoms with van der Waals surface area (Å²) in [5.74, 6) is -4.00. The van der Waals surface area contributed by atoms with Gasteiger partial charge in [-0.25, -0.2) is 13.2 Å². The van der Waals surface area contributed by atoms with E-state index in [1.54, 1.807) is 31.0 Å². The molecule has 0 saturated carbocycles. The first kappa shape index (κ1) is 30.1. The number of anilines is 2. The number of fused-ring (bicyclic) bond motifs is 5. The molecule has 0 N–H and O–H groups in total. The maximum absolute atomic E-state index is 17.1. The van der Waals surface area contributed by atoms with E-state index in [1.165, 1.54) is 41.1 Å². The van der Waals surface area contributed by atoms with Gasteiger partial charge in [0.25, 0.3) is 11.5 Å². The Morgan fingerprint density at radius 1 is 1.04 bits per heavy atom. The average molecular weight is 616 g/mol. The third kappa shape index (κ3) is 4.43. The van der Waals surface area contributed by atoms with Crippen LogP contribution >= 0.6 is 0 Å². The largest absolute Gasteiger partial charge is 0.354 e. The second kappa shape index (κ2) is 10.9. The summed E-state index contributed by atoms with van der Waals surface area (Å²) in [4.78, 5) is 50.1. The predicted octanol–water partition coefficient (Wildman–Crippen LogP) is 5.47. The molecule has 4 heterocycles. The Hall–Kier alpha value is -4.93. The van der Waals surface area contributed by atoms with E-state index in [-0.39, 0.29) is 52.8 Å². The van der Waals surface area contributed by atoms with Crippen molar-refractivity contribution in [3.63, 3.8) is 0 Å². The SMILES string of the molecule is C=CC(=O)N1C[C@@H]2C(=O)N(C)c3c(c4cc(F)c(-c5ccccc5F)c(F)c4n(-c4c(C)ccnc4C(C)C)c3=O)N2C[C@H]1C. The maximum atomic E-state index is 17.1. The Labute approximate surface area is 258 Å². The van der Waals surface area contributed by atoms with Crippen LogP contribution in [0.1, 0.15) is 37.9 Å². The Morgan fingerprint density at radius 3 is 2.42 bits per heavy atom. The summed E-state index contributed by atoms with van der Waals surface area (Å²) in [5.41, 5.74) is -0.406. The standard InChI is InChI=1S/C34H32F3N5O3/c1-7-25(43)40-16-24-33(44)39(6)32-31(41(24)15-19(40)5)21-14-23(36)26(20-10-8-9-11-22(20)35)27(37)30(21)42(34(32)45)29-18(4)12-13-38-28(29)17(2)3/h7-14,17,19,24H,1,15-16H2,2-6H3/t19-,24-/m1/s1. The van der Waals surface area contributed by atoms with Gasteiger partial charge in [0.2, 0.25) is 5.91 Å². The summed E-state index contributed by atoms with van der Waals surface area (Å²) in [6.07, 6.45) is 2.76. The van der Waals surface area contributed by atoms with Crippen LogP contribution in [0, 0.1) is 24.4 Å². The highest BCUT2D eigenvalue weighted by Crippen LogP contribution is 2.45. The molecule has 1 fully saturated rings. The molecule has 2 aliphatic rings. The van der Waals surface area contributed by atoms with Crippen LogP contribution in [0.3, 0.4) is 0 Å². The molecule has 2 atom stereocenters. The van der Waals surface area contributed by atoms with E-state index in [9.17, 15) is 14.4 Å². The molecule has 2 aliphatic heterocycles. The van der Waals surface area contributed by atoms with E-state index in [2.05, 4.69) is 11.6 Å². The van der Waals surface area contributed by atoms with E-state index in [4.69, 9.17) is 0 Å². The highest BCUT2D eigenvalue weighted by atomic mass is 19.1. The minimum absolute atomic E-state index is 0.0172. The third-order valence-corrected chi connectivity index (χ3v) is 8.80. The summed E-state index contributed by atoms with van der Waals surface area (Å²) in [6.45, 7) is 10.9. The highest BCUT2D eigenvalue weighted by Gasteiger charge is 2.46. The van der Waals surface area contributed by atoms with Crippen LogP contribution in [0.25, 0.3) is 27.7 Å². The fourth-order valence-electron chi connectivity index (χ4n) is 6.64. The van der Waals surface area contributed by atoms with Crippen molar-refractivity contribution >= 4 is 34.1 Å². The van der Waals surface area contributed by atoms with Gasteiger partial charge in [0.05, 0.1) is 34.7 Å². The third-order valence-electron chi connectivity index (χ3n) is 8.80. The number of halogens is 3. The normalized spacial score (nSPS) is 18.0. The topological polar surface area (TPSA) is 78.8 Å². The number of aromatic nitrogens is 2. The molecule has 11 heteroatoms. The number of benzene rings is 2. The lowest BCUT2D eigenvalue weighted by Crippen LogP contribution is -2.66. The zero-order chi connectivity index (χ0) is 32.5. The van der Waals surface area contributed by atoms with Crippen molar-refractivity contribution in [3.05, 3.63) is 94.3 Å². The van der Waals surface area contributed by atoms with Gasteiger partial charge >= 0.3 is 0 Å². The van der Waals surface area contributed by atoms with Crippen molar-refractivity contribution in [1.29, 1.82) is 0 Å². The number of rotatable bonds is 4. The number of amides is 2. The van der Waals surface area contributed by atoms with Gasteiger partial charge in [-0.15, -0.1) is 0 Å². The average Bonchev–Trinajstić information content (AvgIpc) is 3.00. The van der Waals surface area contributed by atoms with Crippen molar-refractivity contribution in [2.24, 2.45) is 0 Å². The first-order chi connectivity index (χ1) is 21.4. The molecule has 0 unspecified atom stereocenters. The summed E-state index contributed by atoms with van der Waals surface area (Å²) in [5, 5.41) is 0.0256. The van der Waals surface area contributed by atoms with Gasteiger partial charge in [-0.05, 0) is 49.6 Å². The Morgan fingerprint density at radius 2 is 1.76 bits per heavy atom. The molecule has 2 aromatic carbocycles. The summed E-state index contributed by atoms with van der Waals surface area (Å²) in [7, 11) is 1.44. The van der Waals surface area contributed by atoms with Gasteiger partial charge in [-0.1, -0.05) is 38.6 Å². The van der Waals surface area contributed by atoms with E-state index in [0.29, 0.717) is 16.9 Å². The summed E-state index contributed by atoms with van der Waals surface area (Å²) < 4.78 is 49.4. The molecule has 45 heavy (non-hydrogen) atoms. The van der Waals surface area contributed by atoms with E-state index in [1.807, 2.05) is 13.8 Å². The molecular weight excluding hydrogens is 583 g/mol. The molecule has 0 bridgehead atoms. The van der Waals surface area contributed by atoms with Crippen LogP contribution in [0.2, 0.25) is 0 Å². The number of likely N-dealkylation sites (N-methyl/N-ethyl adjacent to an activating group) is 1. The van der Waals surface area contributed by atoms with Crippen molar-refractivity contribution in [1.82, 2.24) is 14.5 Å². The molecule has 2 aromatic heterocycles. The molecule has 2 amide bonds. The molecule has 1 saturated heterocycles. The second-order valence-electron chi connectivity index (χ2n) is 11.9. The van der Waals surface area contributed by atoms with Crippen LogP contribution in [0.15, 0.2) is 60.0 Å². The minimum atomic E-state index is -1.13. The van der Waals surface area contributed by atoms with E-state index >= 15 is 13.2 Å². The van der Waals surface area contributed by atoms with Crippen molar-refractivity contribution < 1.29 is 22.8 Å². The van der Waals surface area contributed by atoms with Gasteiger partial charge in [-0.3, -0.25) is 23.9 Å². The number of carbonyl (C=O) groups excluding carboxylic acids is 2. The first-order valence-electron chi connectivity index (χ1n) is 14.7. The lowest BCUT2D eigenvalue weighted by atomic mass is 9.95. The van der Waals surface area contributed by atoms with Gasteiger partial charge in [0, 0.05) is 36.8 Å². The summed E-state index contributed by atoms with van der Waals surface area (Å²) >= 11 is 0. The maximum Gasteiger partial charge on any atom is 0.281 e. The number of pyridine rings is 2. The lowest BCUT2D eigenvalue weighted by Gasteiger charge is -2.50. The van der Waals surface area contributed by atoms with Gasteiger partial charge in [0.15, 0.2) is 5.82 Å². The fourth-order valence-corrected chi connectivity index (χ4v) is 6.64. The zero-order valence-corrected chi connectivity index (χ0v) is 25.6. The zero-order valence-electron chi connectivity index (χ0n) is 25.6. The molecule has 0 radical (unpaired) electrons. The minimum Gasteiger partial charge on any atom is -0.354 e. The Balaban J connectivity index is 1.79. The quantitative estimate of drug-likeness (QED) is 0.285. The molecule has 4 aromatic rings. The number of aryl methyl sites for hydroxylation is 1. The second-order valence-corrected chi connectivity index (χ2v) is 11.9. The van der Waals surface area contributed by atoms with Gasteiger partial charge in [-0.2, -0.15) is 0 Å². The smallest absolute Gasteiger partial charge is 0.281 e. The molecule has 6 rings (SSSR count). The lowest BCUT2D eigenvalue weighted by molar-refractivity contribution is -0.130. The number of piperazine rings is 1. The number of nitrogens with zero attached hydrogens (tertiary/aromatic N) is 5. The number of carbonyl (C=O) groups is 2. The first-order valence-corrected chi connectivity index (χ1v) is 14.7. The number of hydrogen-bond acceptors (Lipinski definition) is 5. The van der Waals surface area contributed by atoms with Crippen molar-refractivity contribution in [2.45, 2.75) is 45.7 Å².